The predicted molar refractivity (Wildman–Crippen MR) is 83.0 cm³/mol. The molecule has 1 N–H and O–H groups in total. The van der Waals surface area contributed by atoms with Crippen molar-refractivity contribution in [2.24, 2.45) is 5.92 Å². The number of hydrogen-bond acceptors (Lipinski definition) is 5. The first-order valence-electron chi connectivity index (χ1n) is 7.92. The molecule has 0 saturated carbocycles. The first-order chi connectivity index (χ1) is 11.0. The fourth-order valence-electron chi connectivity index (χ4n) is 3.31. The number of nitrogens with zero attached hydrogens (tertiary/aromatic N) is 1. The summed E-state index contributed by atoms with van der Waals surface area (Å²) in [6, 6.07) is 3.41. The van der Waals surface area contributed by atoms with E-state index < -0.39 is 15.9 Å². The third kappa shape index (κ3) is 3.44. The number of nitrogens with one attached hydrogen (secondary N) is 1. The van der Waals surface area contributed by atoms with Crippen LogP contribution in [0.5, 0.6) is 0 Å². The van der Waals surface area contributed by atoms with Crippen molar-refractivity contribution in [3.63, 3.8) is 0 Å². The van der Waals surface area contributed by atoms with Crippen LogP contribution in [-0.4, -0.2) is 49.7 Å². The maximum atomic E-state index is 12.4. The fraction of sp³-hybridized carbons (Fsp3) is 0.667. The molecule has 8 heteroatoms. The van der Waals surface area contributed by atoms with Gasteiger partial charge in [-0.25, -0.2) is 8.42 Å². The highest BCUT2D eigenvalue weighted by Gasteiger charge is 2.46. The van der Waals surface area contributed by atoms with Crippen LogP contribution < -0.4 is 5.32 Å². The lowest BCUT2D eigenvalue weighted by Gasteiger charge is -2.39. The van der Waals surface area contributed by atoms with Gasteiger partial charge in [0.15, 0.2) is 0 Å². The molecule has 0 unspecified atom stereocenters. The van der Waals surface area contributed by atoms with E-state index in [0.717, 1.165) is 0 Å². The second-order valence-corrected chi connectivity index (χ2v) is 8.18. The lowest BCUT2D eigenvalue weighted by atomic mass is 9.91. The van der Waals surface area contributed by atoms with Gasteiger partial charge in [0.1, 0.15) is 5.76 Å². The molecular weight excluding hydrogens is 320 g/mol. The molecule has 0 spiro atoms. The minimum absolute atomic E-state index is 0.0386. The second-order valence-electron chi connectivity index (χ2n) is 5.97. The van der Waals surface area contributed by atoms with Gasteiger partial charge in [-0.2, -0.15) is 4.31 Å². The Kier molecular flexibility index (Phi) is 4.74. The lowest BCUT2D eigenvalue weighted by Crippen LogP contribution is -2.55. The normalized spacial score (nSPS) is 28.5. The van der Waals surface area contributed by atoms with Gasteiger partial charge in [0.25, 0.3) is 0 Å². The van der Waals surface area contributed by atoms with Crippen molar-refractivity contribution in [1.29, 1.82) is 0 Å². The SMILES string of the molecule is CCS(=O)(=O)N1C[C@H](C(=O)NCc2ccco2)C[C@@H]2OCC[C@@H]21. The van der Waals surface area contributed by atoms with Gasteiger partial charge >= 0.3 is 0 Å². The Morgan fingerprint density at radius 3 is 3.00 bits per heavy atom. The molecule has 0 aromatic carbocycles. The number of sulfonamides is 1. The third-order valence-electron chi connectivity index (χ3n) is 4.57. The summed E-state index contributed by atoms with van der Waals surface area (Å²) in [6.07, 6.45) is 2.62. The maximum absolute atomic E-state index is 12.4. The second kappa shape index (κ2) is 6.62. The average Bonchev–Trinajstić information content (AvgIpc) is 3.22. The van der Waals surface area contributed by atoms with E-state index in [1.165, 1.54) is 4.31 Å². The van der Waals surface area contributed by atoms with Crippen molar-refractivity contribution in [3.8, 4) is 0 Å². The summed E-state index contributed by atoms with van der Waals surface area (Å²) in [5.41, 5.74) is 0. The molecule has 1 aromatic heterocycles. The van der Waals surface area contributed by atoms with Crippen LogP contribution in [0.1, 0.15) is 25.5 Å². The first-order valence-corrected chi connectivity index (χ1v) is 9.53. The molecule has 3 atom stereocenters. The van der Waals surface area contributed by atoms with E-state index in [2.05, 4.69) is 5.32 Å². The van der Waals surface area contributed by atoms with Gasteiger partial charge in [0.2, 0.25) is 15.9 Å². The van der Waals surface area contributed by atoms with Crippen molar-refractivity contribution in [2.45, 2.75) is 38.5 Å². The van der Waals surface area contributed by atoms with Gasteiger partial charge in [-0.05, 0) is 31.9 Å². The Bertz CT molecular complexity index is 643. The average molecular weight is 342 g/mol. The summed E-state index contributed by atoms with van der Waals surface area (Å²) >= 11 is 0. The van der Waals surface area contributed by atoms with E-state index in [4.69, 9.17) is 9.15 Å². The molecule has 7 nitrogen and oxygen atoms in total. The monoisotopic (exact) mass is 342 g/mol. The summed E-state index contributed by atoms with van der Waals surface area (Å²) in [4.78, 5) is 12.4. The third-order valence-corrected chi connectivity index (χ3v) is 6.44. The molecular formula is C15H22N2O5S. The molecule has 2 aliphatic heterocycles. The molecule has 2 saturated heterocycles. The van der Waals surface area contributed by atoms with Gasteiger partial charge in [-0.15, -0.1) is 0 Å². The molecule has 23 heavy (non-hydrogen) atoms. The van der Waals surface area contributed by atoms with E-state index in [-0.39, 0.29) is 30.4 Å². The number of ether oxygens (including phenoxy) is 1. The molecule has 2 aliphatic rings. The molecule has 0 bridgehead atoms. The summed E-state index contributed by atoms with van der Waals surface area (Å²) < 4.78 is 37.0. The quantitative estimate of drug-likeness (QED) is 0.852. The molecule has 128 valence electrons. The van der Waals surface area contributed by atoms with Crippen molar-refractivity contribution >= 4 is 15.9 Å². The number of fused-ring (bicyclic) bond motifs is 1. The number of hydrogen-bond donors (Lipinski definition) is 1. The number of carbonyl (C=O) groups is 1. The number of amides is 1. The molecule has 3 rings (SSSR count). The standard InChI is InChI=1S/C15H22N2O5S/c1-2-23(19,20)17-10-11(8-14-13(17)5-7-22-14)15(18)16-9-12-4-3-6-21-12/h3-4,6,11,13-14H,2,5,7-10H2,1H3,(H,16,18)/t11-,13+,14+/m1/s1. The maximum Gasteiger partial charge on any atom is 0.224 e. The van der Waals surface area contributed by atoms with E-state index in [1.54, 1.807) is 25.3 Å². The van der Waals surface area contributed by atoms with Crippen molar-refractivity contribution in [2.75, 3.05) is 18.9 Å². The highest BCUT2D eigenvalue weighted by atomic mass is 32.2. The van der Waals surface area contributed by atoms with Crippen LogP contribution in [0.3, 0.4) is 0 Å². The molecule has 0 radical (unpaired) electrons. The Morgan fingerprint density at radius 1 is 1.48 bits per heavy atom. The first kappa shape index (κ1) is 16.5. The lowest BCUT2D eigenvalue weighted by molar-refractivity contribution is -0.128. The van der Waals surface area contributed by atoms with E-state index in [1.807, 2.05) is 0 Å². The van der Waals surface area contributed by atoms with Crippen LogP contribution in [-0.2, 0) is 26.1 Å². The highest BCUT2D eigenvalue weighted by Crippen LogP contribution is 2.33. The Morgan fingerprint density at radius 2 is 2.30 bits per heavy atom. The number of furan rings is 1. The van der Waals surface area contributed by atoms with Crippen molar-refractivity contribution in [3.05, 3.63) is 24.2 Å². The zero-order valence-corrected chi connectivity index (χ0v) is 13.9. The van der Waals surface area contributed by atoms with Gasteiger partial charge in [0.05, 0.1) is 36.6 Å². The highest BCUT2D eigenvalue weighted by molar-refractivity contribution is 7.89. The molecule has 1 aromatic rings. The Balaban J connectivity index is 1.69. The van der Waals surface area contributed by atoms with Crippen LogP contribution in [0.2, 0.25) is 0 Å². The van der Waals surface area contributed by atoms with Crippen molar-refractivity contribution < 1.29 is 22.4 Å². The fourth-order valence-corrected chi connectivity index (χ4v) is 4.70. The van der Waals surface area contributed by atoms with Crippen LogP contribution in [0.25, 0.3) is 0 Å². The zero-order valence-electron chi connectivity index (χ0n) is 13.1. The summed E-state index contributed by atoms with van der Waals surface area (Å²) in [5, 5.41) is 2.81. The summed E-state index contributed by atoms with van der Waals surface area (Å²) in [6.45, 7) is 2.70. The van der Waals surface area contributed by atoms with Gasteiger partial charge < -0.3 is 14.5 Å². The zero-order chi connectivity index (χ0) is 16.4. The number of carbonyl (C=O) groups excluding carboxylic acids is 1. The molecule has 2 fully saturated rings. The van der Waals surface area contributed by atoms with Crippen LogP contribution in [0.4, 0.5) is 0 Å². The number of piperidine rings is 1. The van der Waals surface area contributed by atoms with Gasteiger partial charge in [-0.3, -0.25) is 4.79 Å². The van der Waals surface area contributed by atoms with E-state index in [0.29, 0.717) is 31.8 Å². The van der Waals surface area contributed by atoms with Gasteiger partial charge in [-0.1, -0.05) is 0 Å². The van der Waals surface area contributed by atoms with Crippen LogP contribution in [0.15, 0.2) is 22.8 Å². The summed E-state index contributed by atoms with van der Waals surface area (Å²) in [5.74, 6) is 0.149. The minimum atomic E-state index is -3.35. The smallest absolute Gasteiger partial charge is 0.224 e. The topological polar surface area (TPSA) is 88.9 Å². The minimum Gasteiger partial charge on any atom is -0.467 e. The Hall–Kier alpha value is -1.38. The van der Waals surface area contributed by atoms with Crippen molar-refractivity contribution in [1.82, 2.24) is 9.62 Å². The largest absolute Gasteiger partial charge is 0.467 e. The number of rotatable bonds is 5. The predicted octanol–water partition coefficient (Wildman–Crippen LogP) is 0.725. The Labute approximate surface area is 136 Å². The molecule has 1 amide bonds. The van der Waals surface area contributed by atoms with Crippen LogP contribution >= 0.6 is 0 Å². The molecule has 3 heterocycles. The molecule has 0 aliphatic carbocycles. The van der Waals surface area contributed by atoms with Crippen LogP contribution in [0, 0.1) is 5.92 Å². The van der Waals surface area contributed by atoms with E-state index >= 15 is 0 Å². The van der Waals surface area contributed by atoms with E-state index in [9.17, 15) is 13.2 Å². The summed E-state index contributed by atoms with van der Waals surface area (Å²) in [7, 11) is -3.35. The van der Waals surface area contributed by atoms with Gasteiger partial charge in [0, 0.05) is 13.2 Å².